The third-order valence-corrected chi connectivity index (χ3v) is 14.6. The van der Waals surface area contributed by atoms with Crippen LogP contribution < -0.4 is 4.90 Å². The second-order valence-corrected chi connectivity index (χ2v) is 18.3. The van der Waals surface area contributed by atoms with Gasteiger partial charge in [-0.05, 0) is 116 Å². The van der Waals surface area contributed by atoms with E-state index in [1.165, 1.54) is 33.4 Å². The van der Waals surface area contributed by atoms with Crippen molar-refractivity contribution < 1.29 is 8.83 Å². The molecule has 0 spiro atoms. The van der Waals surface area contributed by atoms with Gasteiger partial charge in [0.1, 0.15) is 22.3 Å². The average Bonchev–Trinajstić information content (AvgIpc) is 4.11. The van der Waals surface area contributed by atoms with Gasteiger partial charge in [0.15, 0.2) is 0 Å². The number of anilines is 3. The number of rotatable bonds is 8. The van der Waals surface area contributed by atoms with E-state index in [2.05, 4.69) is 241 Å². The fourth-order valence-electron chi connectivity index (χ4n) is 11.4. The Hall–Kier alpha value is -9.18. The van der Waals surface area contributed by atoms with Crippen LogP contribution in [0.1, 0.15) is 22.3 Å². The predicted octanol–water partition coefficient (Wildman–Crippen LogP) is 18.3. The summed E-state index contributed by atoms with van der Waals surface area (Å²) in [6, 6.07) is 94.4. The predicted molar refractivity (Wildman–Crippen MR) is 289 cm³/mol. The SMILES string of the molecule is c1ccc(C2(c3ccccc3)c3ccccc3-c3c(N(c4ccc(-c5cccc(-c6cccc7c6oc6ccccc67)c5)cc4)c4ccc(-c5ccc6oc7ccccc7c6c5)cc4)cccc32)cc1. The topological polar surface area (TPSA) is 29.5 Å². The first-order chi connectivity index (χ1) is 34.7. The molecule has 0 N–H and O–H groups in total. The van der Waals surface area contributed by atoms with E-state index in [9.17, 15) is 0 Å². The van der Waals surface area contributed by atoms with E-state index >= 15 is 0 Å². The van der Waals surface area contributed by atoms with Crippen LogP contribution in [-0.2, 0) is 5.41 Å². The molecule has 0 saturated heterocycles. The molecule has 0 atom stereocenters. The van der Waals surface area contributed by atoms with Crippen LogP contribution in [0, 0.1) is 0 Å². The van der Waals surface area contributed by atoms with Crippen LogP contribution in [0.25, 0.3) is 88.4 Å². The molecule has 2 aromatic heterocycles. The molecular weight excluding hydrogens is 851 g/mol. The Balaban J connectivity index is 0.924. The highest BCUT2D eigenvalue weighted by Gasteiger charge is 2.47. The van der Waals surface area contributed by atoms with Crippen molar-refractivity contribution in [2.45, 2.75) is 5.41 Å². The first-order valence-corrected chi connectivity index (χ1v) is 24.0. The summed E-state index contributed by atoms with van der Waals surface area (Å²) >= 11 is 0. The van der Waals surface area contributed by atoms with Gasteiger partial charge in [-0.15, -0.1) is 0 Å². The molecule has 1 aliphatic rings. The molecule has 0 fully saturated rings. The Labute approximate surface area is 405 Å². The molecular formula is C67H43NO2. The molecule has 0 radical (unpaired) electrons. The third kappa shape index (κ3) is 6.15. The average molecular weight is 894 g/mol. The molecule has 13 aromatic rings. The molecule has 14 rings (SSSR count). The largest absolute Gasteiger partial charge is 0.456 e. The molecule has 0 bridgehead atoms. The van der Waals surface area contributed by atoms with Crippen LogP contribution in [0.15, 0.2) is 270 Å². The summed E-state index contributed by atoms with van der Waals surface area (Å²) in [4.78, 5) is 2.45. The van der Waals surface area contributed by atoms with Crippen molar-refractivity contribution in [3.63, 3.8) is 0 Å². The van der Waals surface area contributed by atoms with Crippen molar-refractivity contribution in [1.82, 2.24) is 0 Å². The van der Waals surface area contributed by atoms with Crippen LogP contribution in [-0.4, -0.2) is 0 Å². The van der Waals surface area contributed by atoms with E-state index in [1.54, 1.807) is 0 Å². The molecule has 3 heteroatoms. The van der Waals surface area contributed by atoms with Crippen molar-refractivity contribution in [1.29, 1.82) is 0 Å². The van der Waals surface area contributed by atoms with Crippen LogP contribution in [0.2, 0.25) is 0 Å². The number of hydrogen-bond donors (Lipinski definition) is 0. The smallest absolute Gasteiger partial charge is 0.143 e. The summed E-state index contributed by atoms with van der Waals surface area (Å²) in [5.74, 6) is 0. The molecule has 0 saturated carbocycles. The number of para-hydroxylation sites is 3. The Morgan fingerprint density at radius 3 is 1.51 bits per heavy atom. The minimum Gasteiger partial charge on any atom is -0.456 e. The second kappa shape index (κ2) is 16.0. The van der Waals surface area contributed by atoms with Gasteiger partial charge in [-0.3, -0.25) is 0 Å². The van der Waals surface area contributed by atoms with E-state index in [0.717, 1.165) is 94.3 Å². The van der Waals surface area contributed by atoms with E-state index in [1.807, 2.05) is 24.3 Å². The number of fused-ring (bicyclic) bond motifs is 9. The first kappa shape index (κ1) is 39.9. The van der Waals surface area contributed by atoms with Crippen LogP contribution in [0.4, 0.5) is 17.1 Å². The molecule has 0 unspecified atom stereocenters. The number of furan rings is 2. The Morgan fingerprint density at radius 2 is 0.800 bits per heavy atom. The normalized spacial score (nSPS) is 12.7. The molecule has 70 heavy (non-hydrogen) atoms. The lowest BCUT2D eigenvalue weighted by atomic mass is 9.68. The second-order valence-electron chi connectivity index (χ2n) is 18.3. The standard InChI is InChI=1S/C67H43NO2/c1-3-18-49(19-4-1)67(50-20-5-2-6-21-50)59-27-10-7-24-57(59)65-60(67)28-15-29-61(65)68(52-39-34-45(35-40-52)47-36-41-64-58(43-47)55-23-9-11-30-62(55)69-64)51-37-32-44(33-38-51)46-16-13-17-48(42-46)53-25-14-26-56-54-22-8-12-31-63(54)70-66(53)56/h1-43H. The highest BCUT2D eigenvalue weighted by Crippen LogP contribution is 2.59. The number of hydrogen-bond acceptors (Lipinski definition) is 3. The van der Waals surface area contributed by atoms with Crippen molar-refractivity contribution in [2.24, 2.45) is 0 Å². The van der Waals surface area contributed by atoms with Gasteiger partial charge in [0.05, 0.1) is 11.1 Å². The molecule has 11 aromatic carbocycles. The summed E-state index contributed by atoms with van der Waals surface area (Å²) < 4.78 is 12.7. The Bertz CT molecular complexity index is 4070. The molecule has 0 aliphatic heterocycles. The maximum atomic E-state index is 6.48. The lowest BCUT2D eigenvalue weighted by Gasteiger charge is -2.34. The maximum Gasteiger partial charge on any atom is 0.143 e. The van der Waals surface area contributed by atoms with Crippen LogP contribution in [0.3, 0.4) is 0 Å². The van der Waals surface area contributed by atoms with E-state index in [0.29, 0.717) is 0 Å². The van der Waals surface area contributed by atoms with Gasteiger partial charge < -0.3 is 13.7 Å². The van der Waals surface area contributed by atoms with Crippen molar-refractivity contribution in [3.8, 4) is 44.5 Å². The zero-order valence-corrected chi connectivity index (χ0v) is 38.1. The van der Waals surface area contributed by atoms with E-state index < -0.39 is 5.41 Å². The third-order valence-electron chi connectivity index (χ3n) is 14.6. The van der Waals surface area contributed by atoms with Crippen molar-refractivity contribution >= 4 is 60.9 Å². The maximum absolute atomic E-state index is 6.48. The van der Waals surface area contributed by atoms with Crippen molar-refractivity contribution in [3.05, 3.63) is 283 Å². The van der Waals surface area contributed by atoms with Gasteiger partial charge in [0, 0.05) is 44.0 Å². The van der Waals surface area contributed by atoms with Gasteiger partial charge in [0.25, 0.3) is 0 Å². The summed E-state index contributed by atoms with van der Waals surface area (Å²) in [6.45, 7) is 0. The zero-order valence-electron chi connectivity index (χ0n) is 38.1. The highest BCUT2D eigenvalue weighted by atomic mass is 16.3. The summed E-state index contributed by atoms with van der Waals surface area (Å²) in [7, 11) is 0. The Morgan fingerprint density at radius 1 is 0.300 bits per heavy atom. The van der Waals surface area contributed by atoms with Gasteiger partial charge in [-0.25, -0.2) is 0 Å². The monoisotopic (exact) mass is 893 g/mol. The highest BCUT2D eigenvalue weighted by molar-refractivity contribution is 6.10. The molecule has 1 aliphatic carbocycles. The fourth-order valence-corrected chi connectivity index (χ4v) is 11.4. The van der Waals surface area contributed by atoms with Crippen molar-refractivity contribution in [2.75, 3.05) is 4.90 Å². The fraction of sp³-hybridized carbons (Fsp3) is 0.0149. The minimum absolute atomic E-state index is 0.530. The van der Waals surface area contributed by atoms with E-state index in [4.69, 9.17) is 8.83 Å². The minimum atomic E-state index is -0.530. The molecule has 0 amide bonds. The number of nitrogens with zero attached hydrogens (tertiary/aromatic N) is 1. The first-order valence-electron chi connectivity index (χ1n) is 24.0. The van der Waals surface area contributed by atoms with Gasteiger partial charge >= 0.3 is 0 Å². The van der Waals surface area contributed by atoms with Gasteiger partial charge in [-0.2, -0.15) is 0 Å². The molecule has 3 nitrogen and oxygen atoms in total. The lowest BCUT2D eigenvalue weighted by Crippen LogP contribution is -2.28. The van der Waals surface area contributed by atoms with Crippen LogP contribution >= 0.6 is 0 Å². The summed E-state index contributed by atoms with van der Waals surface area (Å²) in [6.07, 6.45) is 0. The number of benzene rings is 11. The quantitative estimate of drug-likeness (QED) is 0.152. The zero-order chi connectivity index (χ0) is 46.2. The van der Waals surface area contributed by atoms with Gasteiger partial charge in [0.2, 0.25) is 0 Å². The lowest BCUT2D eigenvalue weighted by molar-refractivity contribution is 0.669. The molecule has 328 valence electrons. The summed E-state index contributed by atoms with van der Waals surface area (Å²) in [5.41, 5.74) is 20.6. The van der Waals surface area contributed by atoms with E-state index in [-0.39, 0.29) is 0 Å². The summed E-state index contributed by atoms with van der Waals surface area (Å²) in [5, 5.41) is 4.51. The Kier molecular flexibility index (Phi) is 9.11. The van der Waals surface area contributed by atoms with Crippen LogP contribution in [0.5, 0.6) is 0 Å². The molecule has 2 heterocycles. The van der Waals surface area contributed by atoms with Gasteiger partial charge in [-0.1, -0.05) is 200 Å².